The van der Waals surface area contributed by atoms with Crippen molar-refractivity contribution in [3.63, 3.8) is 0 Å². The number of nitrogens with one attached hydrogen (secondary N) is 1. The predicted molar refractivity (Wildman–Crippen MR) is 69.8 cm³/mol. The third-order valence-electron chi connectivity index (χ3n) is 2.44. The Morgan fingerprint density at radius 3 is 2.89 bits per heavy atom. The number of carbonyl (C=O) groups is 1. The van der Waals surface area contributed by atoms with E-state index in [2.05, 4.69) is 10.5 Å². The van der Waals surface area contributed by atoms with E-state index in [1.54, 1.807) is 37.4 Å². The molecular formula is C13H13N3O3. The van der Waals surface area contributed by atoms with Crippen molar-refractivity contribution in [3.8, 4) is 0 Å². The minimum atomic E-state index is -0.376. The molecule has 2 aromatic heterocycles. The molecule has 0 aliphatic heterocycles. The second kappa shape index (κ2) is 5.81. The van der Waals surface area contributed by atoms with Gasteiger partial charge in [0.1, 0.15) is 18.0 Å². The van der Waals surface area contributed by atoms with Crippen LogP contribution in [-0.4, -0.2) is 16.2 Å². The molecule has 2 heterocycles. The molecule has 0 aliphatic rings. The average molecular weight is 259 g/mol. The molecule has 0 aliphatic carbocycles. The fourth-order valence-corrected chi connectivity index (χ4v) is 1.47. The summed E-state index contributed by atoms with van der Waals surface area (Å²) in [6.45, 7) is 1.64. The van der Waals surface area contributed by atoms with Gasteiger partial charge in [-0.15, -0.1) is 0 Å². The highest BCUT2D eigenvalue weighted by Crippen LogP contribution is 2.00. The summed E-state index contributed by atoms with van der Waals surface area (Å²) in [5, 5.41) is 3.90. The van der Waals surface area contributed by atoms with E-state index in [9.17, 15) is 9.59 Å². The summed E-state index contributed by atoms with van der Waals surface area (Å²) in [4.78, 5) is 23.0. The van der Waals surface area contributed by atoms with Gasteiger partial charge in [-0.1, -0.05) is 6.07 Å². The van der Waals surface area contributed by atoms with Crippen LogP contribution in [0.4, 0.5) is 0 Å². The first-order valence-corrected chi connectivity index (χ1v) is 5.69. The molecule has 19 heavy (non-hydrogen) atoms. The van der Waals surface area contributed by atoms with Gasteiger partial charge in [-0.3, -0.25) is 9.59 Å². The first-order chi connectivity index (χ1) is 9.16. The van der Waals surface area contributed by atoms with Crippen molar-refractivity contribution in [2.75, 3.05) is 0 Å². The van der Waals surface area contributed by atoms with Crippen molar-refractivity contribution < 1.29 is 9.21 Å². The van der Waals surface area contributed by atoms with E-state index in [0.29, 0.717) is 11.5 Å². The lowest BCUT2D eigenvalue weighted by Crippen LogP contribution is -2.29. The molecule has 6 heteroatoms. The van der Waals surface area contributed by atoms with Crippen LogP contribution in [0.3, 0.4) is 0 Å². The summed E-state index contributed by atoms with van der Waals surface area (Å²) < 4.78 is 6.43. The van der Waals surface area contributed by atoms with Gasteiger partial charge < -0.3 is 8.98 Å². The monoisotopic (exact) mass is 259 g/mol. The zero-order chi connectivity index (χ0) is 13.7. The Morgan fingerprint density at radius 2 is 2.21 bits per heavy atom. The molecule has 0 bridgehead atoms. The van der Waals surface area contributed by atoms with Gasteiger partial charge in [0, 0.05) is 12.3 Å². The summed E-state index contributed by atoms with van der Waals surface area (Å²) >= 11 is 0. The second-order valence-corrected chi connectivity index (χ2v) is 3.88. The first kappa shape index (κ1) is 12.8. The molecule has 0 saturated carbocycles. The van der Waals surface area contributed by atoms with Crippen LogP contribution in [0.25, 0.3) is 0 Å². The van der Waals surface area contributed by atoms with Gasteiger partial charge in [0.25, 0.3) is 11.5 Å². The number of furan rings is 1. The maximum Gasteiger partial charge on any atom is 0.260 e. The number of hydrogen-bond acceptors (Lipinski definition) is 4. The molecule has 0 spiro atoms. The molecule has 0 unspecified atom stereocenters. The third-order valence-corrected chi connectivity index (χ3v) is 2.44. The van der Waals surface area contributed by atoms with Crippen molar-refractivity contribution in [1.82, 2.24) is 9.99 Å². The summed E-state index contributed by atoms with van der Waals surface area (Å²) in [6.07, 6.45) is 3.07. The Kier molecular flexibility index (Phi) is 3.92. The number of hydrogen-bond donors (Lipinski definition) is 1. The Bertz CT molecular complexity index is 641. The van der Waals surface area contributed by atoms with Crippen LogP contribution in [0.2, 0.25) is 0 Å². The van der Waals surface area contributed by atoms with E-state index in [4.69, 9.17) is 4.42 Å². The normalized spacial score (nSPS) is 11.3. The molecule has 0 aromatic carbocycles. The molecule has 0 saturated heterocycles. The van der Waals surface area contributed by atoms with Crippen molar-refractivity contribution in [3.05, 3.63) is 58.9 Å². The zero-order valence-electron chi connectivity index (χ0n) is 10.4. The number of pyridine rings is 1. The largest absolute Gasteiger partial charge is 0.463 e. The smallest absolute Gasteiger partial charge is 0.260 e. The minimum absolute atomic E-state index is 0.0748. The fraction of sp³-hybridized carbons (Fsp3) is 0.154. The van der Waals surface area contributed by atoms with Gasteiger partial charge in [0.2, 0.25) is 0 Å². The van der Waals surface area contributed by atoms with Crippen LogP contribution >= 0.6 is 0 Å². The van der Waals surface area contributed by atoms with Gasteiger partial charge >= 0.3 is 0 Å². The number of rotatable bonds is 4. The summed E-state index contributed by atoms with van der Waals surface area (Å²) in [7, 11) is 0. The fourth-order valence-electron chi connectivity index (χ4n) is 1.47. The Morgan fingerprint density at radius 1 is 1.37 bits per heavy atom. The van der Waals surface area contributed by atoms with Gasteiger partial charge in [0.15, 0.2) is 0 Å². The van der Waals surface area contributed by atoms with Gasteiger partial charge in [-0.25, -0.2) is 5.43 Å². The van der Waals surface area contributed by atoms with Crippen molar-refractivity contribution in [2.45, 2.75) is 13.5 Å². The predicted octanol–water partition coefficient (Wildman–Crippen LogP) is 0.982. The van der Waals surface area contributed by atoms with E-state index in [1.807, 2.05) is 0 Å². The Balaban J connectivity index is 1.97. The SMILES string of the molecule is C/C(=N/NC(=O)Cn1ccccc1=O)c1ccco1. The molecule has 6 nitrogen and oxygen atoms in total. The summed E-state index contributed by atoms with van der Waals surface area (Å²) in [5.74, 6) is 0.205. The van der Waals surface area contributed by atoms with Crippen LogP contribution in [0.15, 0.2) is 57.1 Å². The Labute approximate surface area is 109 Å². The number of amides is 1. The highest BCUT2D eigenvalue weighted by atomic mass is 16.3. The van der Waals surface area contributed by atoms with Crippen molar-refractivity contribution in [1.29, 1.82) is 0 Å². The van der Waals surface area contributed by atoms with Gasteiger partial charge in [0.05, 0.1) is 6.26 Å². The molecule has 1 amide bonds. The van der Waals surface area contributed by atoms with Crippen LogP contribution in [-0.2, 0) is 11.3 Å². The second-order valence-electron chi connectivity index (χ2n) is 3.88. The van der Waals surface area contributed by atoms with Crippen LogP contribution < -0.4 is 11.0 Å². The number of hydrazone groups is 1. The lowest BCUT2D eigenvalue weighted by Gasteiger charge is -2.03. The van der Waals surface area contributed by atoms with E-state index in [-0.39, 0.29) is 18.0 Å². The molecular weight excluding hydrogens is 246 g/mol. The standard InChI is InChI=1S/C13H13N3O3/c1-10(11-5-4-8-19-11)14-15-12(17)9-16-7-3-2-6-13(16)18/h2-8H,9H2,1H3,(H,15,17)/b14-10-. The number of nitrogens with zero attached hydrogens (tertiary/aromatic N) is 2. The zero-order valence-corrected chi connectivity index (χ0v) is 10.4. The van der Waals surface area contributed by atoms with E-state index < -0.39 is 0 Å². The number of aromatic nitrogens is 1. The Hall–Kier alpha value is -2.63. The molecule has 0 fully saturated rings. The third kappa shape index (κ3) is 3.41. The molecule has 0 radical (unpaired) electrons. The molecule has 98 valence electrons. The van der Waals surface area contributed by atoms with E-state index >= 15 is 0 Å². The maximum absolute atomic E-state index is 11.6. The van der Waals surface area contributed by atoms with Crippen LogP contribution in [0.5, 0.6) is 0 Å². The lowest BCUT2D eigenvalue weighted by atomic mass is 10.3. The van der Waals surface area contributed by atoms with Crippen molar-refractivity contribution in [2.24, 2.45) is 5.10 Å². The number of carbonyl (C=O) groups excluding carboxylic acids is 1. The van der Waals surface area contributed by atoms with E-state index in [0.717, 1.165) is 0 Å². The summed E-state index contributed by atoms with van der Waals surface area (Å²) in [5.41, 5.74) is 2.70. The lowest BCUT2D eigenvalue weighted by molar-refractivity contribution is -0.121. The van der Waals surface area contributed by atoms with Crippen molar-refractivity contribution >= 4 is 11.6 Å². The quantitative estimate of drug-likeness (QED) is 0.657. The molecule has 2 aromatic rings. The first-order valence-electron chi connectivity index (χ1n) is 5.69. The van der Waals surface area contributed by atoms with Gasteiger partial charge in [-0.2, -0.15) is 5.10 Å². The van der Waals surface area contributed by atoms with Crippen LogP contribution in [0.1, 0.15) is 12.7 Å². The van der Waals surface area contributed by atoms with Crippen LogP contribution in [0, 0.1) is 0 Å². The topological polar surface area (TPSA) is 76.6 Å². The average Bonchev–Trinajstić information content (AvgIpc) is 2.93. The molecule has 0 atom stereocenters. The van der Waals surface area contributed by atoms with Gasteiger partial charge in [-0.05, 0) is 25.1 Å². The van der Waals surface area contributed by atoms with E-state index in [1.165, 1.54) is 16.9 Å². The highest BCUT2D eigenvalue weighted by Gasteiger charge is 2.04. The highest BCUT2D eigenvalue weighted by molar-refractivity contribution is 5.96. The summed E-state index contributed by atoms with van der Waals surface area (Å²) in [6, 6.07) is 8.18. The molecule has 1 N–H and O–H groups in total. The molecule has 2 rings (SSSR count). The minimum Gasteiger partial charge on any atom is -0.463 e. The maximum atomic E-state index is 11.6.